The zero-order valence-electron chi connectivity index (χ0n) is 15.0. The summed E-state index contributed by atoms with van der Waals surface area (Å²) in [6.45, 7) is 0. The average Bonchev–Trinajstić information content (AvgIpc) is 3.14. The number of benzene rings is 3. The van der Waals surface area contributed by atoms with Gasteiger partial charge in [0.05, 0.1) is 16.7 Å². The maximum atomic E-state index is 12.9. The number of thioether (sulfide) groups is 1. The van der Waals surface area contributed by atoms with E-state index in [-0.39, 0.29) is 11.7 Å². The lowest BCUT2D eigenvalue weighted by Crippen LogP contribution is -2.13. The fourth-order valence-corrected chi connectivity index (χ4v) is 3.74. The van der Waals surface area contributed by atoms with E-state index in [0.717, 1.165) is 33.0 Å². The second-order valence-electron chi connectivity index (χ2n) is 6.25. The Hall–Kier alpha value is -3.12. The number of carbonyl (C=O) groups excluding carboxylic acids is 1. The van der Waals surface area contributed by atoms with Crippen LogP contribution in [0, 0.1) is 5.82 Å². The lowest BCUT2D eigenvalue weighted by molar-refractivity contribution is -0.115. The van der Waals surface area contributed by atoms with Gasteiger partial charge in [-0.1, -0.05) is 24.3 Å². The number of nitrogens with one attached hydrogen (secondary N) is 2. The maximum Gasteiger partial charge on any atom is 0.225 e. The molecule has 0 saturated carbocycles. The number of fused-ring (bicyclic) bond motifs is 1. The number of hydrogen-bond acceptors (Lipinski definition) is 3. The third-order valence-electron chi connectivity index (χ3n) is 4.26. The van der Waals surface area contributed by atoms with Crippen LogP contribution in [0.3, 0.4) is 0 Å². The summed E-state index contributed by atoms with van der Waals surface area (Å²) in [5, 5.41) is 2.98. The van der Waals surface area contributed by atoms with E-state index in [0.29, 0.717) is 12.2 Å². The van der Waals surface area contributed by atoms with Crippen LogP contribution >= 0.6 is 11.8 Å². The van der Waals surface area contributed by atoms with Gasteiger partial charge in [0.25, 0.3) is 0 Å². The van der Waals surface area contributed by atoms with E-state index in [1.54, 1.807) is 12.1 Å². The van der Waals surface area contributed by atoms with Crippen molar-refractivity contribution < 1.29 is 9.18 Å². The number of carbonyl (C=O) groups is 1. The fraction of sp³-hybridized carbons (Fsp3) is 0.0909. The van der Waals surface area contributed by atoms with E-state index >= 15 is 0 Å². The normalized spacial score (nSPS) is 10.9. The van der Waals surface area contributed by atoms with E-state index in [1.807, 2.05) is 48.5 Å². The number of H-pyrrole nitrogens is 1. The van der Waals surface area contributed by atoms with E-state index in [9.17, 15) is 9.18 Å². The number of nitrogens with zero attached hydrogens (tertiary/aromatic N) is 1. The fourth-order valence-electron chi connectivity index (χ4n) is 2.88. The van der Waals surface area contributed by atoms with Gasteiger partial charge in [0.2, 0.25) is 5.91 Å². The van der Waals surface area contributed by atoms with Gasteiger partial charge < -0.3 is 10.3 Å². The van der Waals surface area contributed by atoms with Gasteiger partial charge in [0.15, 0.2) is 0 Å². The van der Waals surface area contributed by atoms with Crippen molar-refractivity contribution in [2.75, 3.05) is 11.1 Å². The number of amides is 1. The molecule has 140 valence electrons. The zero-order valence-corrected chi connectivity index (χ0v) is 15.8. The standard InChI is InChI=1S/C22H18FN3OS/c23-15-9-11-16(12-10-15)28-14-13-21(27)24-18-6-2-1-5-17(18)22-25-19-7-3-4-8-20(19)26-22/h1-12H,13-14H2,(H,24,27)(H,25,26). The first-order valence-corrected chi connectivity index (χ1v) is 9.90. The van der Waals surface area contributed by atoms with Gasteiger partial charge in [-0.2, -0.15) is 0 Å². The Morgan fingerprint density at radius 1 is 1.00 bits per heavy atom. The summed E-state index contributed by atoms with van der Waals surface area (Å²) in [5.74, 6) is 1.00. The summed E-state index contributed by atoms with van der Waals surface area (Å²) in [6, 6.07) is 21.7. The van der Waals surface area contributed by atoms with E-state index < -0.39 is 0 Å². The number of halogens is 1. The van der Waals surface area contributed by atoms with Crippen molar-refractivity contribution in [3.05, 3.63) is 78.6 Å². The number of hydrogen-bond donors (Lipinski definition) is 2. The molecular weight excluding hydrogens is 373 g/mol. The lowest BCUT2D eigenvalue weighted by Gasteiger charge is -2.09. The highest BCUT2D eigenvalue weighted by Gasteiger charge is 2.12. The second-order valence-corrected chi connectivity index (χ2v) is 7.42. The summed E-state index contributed by atoms with van der Waals surface area (Å²) in [5.41, 5.74) is 3.40. The lowest BCUT2D eigenvalue weighted by atomic mass is 10.1. The smallest absolute Gasteiger partial charge is 0.225 e. The Kier molecular flexibility index (Phi) is 5.39. The Balaban J connectivity index is 1.43. The van der Waals surface area contributed by atoms with Gasteiger partial charge in [0, 0.05) is 22.6 Å². The van der Waals surface area contributed by atoms with Crippen molar-refractivity contribution in [1.82, 2.24) is 9.97 Å². The molecule has 4 rings (SSSR count). The molecule has 1 aromatic heterocycles. The number of rotatable bonds is 6. The van der Waals surface area contributed by atoms with Crippen LogP contribution in [-0.4, -0.2) is 21.6 Å². The van der Waals surface area contributed by atoms with Crippen LogP contribution in [0.15, 0.2) is 77.7 Å². The molecule has 0 aliphatic carbocycles. The molecular formula is C22H18FN3OS. The van der Waals surface area contributed by atoms with Gasteiger partial charge in [-0.25, -0.2) is 9.37 Å². The van der Waals surface area contributed by atoms with Crippen LogP contribution in [0.1, 0.15) is 6.42 Å². The first-order valence-electron chi connectivity index (χ1n) is 8.91. The molecule has 0 radical (unpaired) electrons. The molecule has 0 spiro atoms. The van der Waals surface area contributed by atoms with Crippen LogP contribution in [-0.2, 0) is 4.79 Å². The van der Waals surface area contributed by atoms with Crippen LogP contribution in [0.25, 0.3) is 22.4 Å². The van der Waals surface area contributed by atoms with Gasteiger partial charge in [-0.3, -0.25) is 4.79 Å². The summed E-state index contributed by atoms with van der Waals surface area (Å²) in [4.78, 5) is 21.3. The minimum atomic E-state index is -0.260. The molecule has 1 heterocycles. The van der Waals surface area contributed by atoms with Crippen LogP contribution < -0.4 is 5.32 Å². The molecule has 4 nitrogen and oxygen atoms in total. The Bertz CT molecular complexity index is 1080. The van der Waals surface area contributed by atoms with Crippen molar-refractivity contribution in [3.63, 3.8) is 0 Å². The topological polar surface area (TPSA) is 57.8 Å². The minimum Gasteiger partial charge on any atom is -0.338 e. The van der Waals surface area contributed by atoms with E-state index in [4.69, 9.17) is 0 Å². The summed E-state index contributed by atoms with van der Waals surface area (Å²) < 4.78 is 12.9. The molecule has 6 heteroatoms. The molecule has 0 aliphatic heterocycles. The monoisotopic (exact) mass is 391 g/mol. The molecule has 28 heavy (non-hydrogen) atoms. The highest BCUT2D eigenvalue weighted by atomic mass is 32.2. The third-order valence-corrected chi connectivity index (χ3v) is 5.27. The van der Waals surface area contributed by atoms with Gasteiger partial charge in [-0.05, 0) is 48.5 Å². The van der Waals surface area contributed by atoms with Crippen LogP contribution in [0.5, 0.6) is 0 Å². The van der Waals surface area contributed by atoms with E-state index in [2.05, 4.69) is 15.3 Å². The minimum absolute atomic E-state index is 0.0711. The van der Waals surface area contributed by atoms with Crippen molar-refractivity contribution in [3.8, 4) is 11.4 Å². The van der Waals surface area contributed by atoms with Crippen molar-refractivity contribution in [1.29, 1.82) is 0 Å². The highest BCUT2D eigenvalue weighted by molar-refractivity contribution is 7.99. The number of anilines is 1. The molecule has 3 aromatic carbocycles. The molecule has 0 unspecified atom stereocenters. The summed E-state index contributed by atoms with van der Waals surface area (Å²) in [7, 11) is 0. The molecule has 2 N–H and O–H groups in total. The third kappa shape index (κ3) is 4.23. The van der Waals surface area contributed by atoms with Crippen molar-refractivity contribution >= 4 is 34.4 Å². The zero-order chi connectivity index (χ0) is 19.3. The number of aromatic nitrogens is 2. The Morgan fingerprint density at radius 3 is 2.57 bits per heavy atom. The summed E-state index contributed by atoms with van der Waals surface area (Å²) >= 11 is 1.53. The second kappa shape index (κ2) is 8.27. The Morgan fingerprint density at radius 2 is 1.75 bits per heavy atom. The average molecular weight is 391 g/mol. The largest absolute Gasteiger partial charge is 0.338 e. The maximum absolute atomic E-state index is 12.9. The Labute approximate surface area is 166 Å². The van der Waals surface area contributed by atoms with Crippen LogP contribution in [0.4, 0.5) is 10.1 Å². The molecule has 0 aliphatic rings. The number of imidazole rings is 1. The first kappa shape index (κ1) is 18.3. The van der Waals surface area contributed by atoms with Gasteiger partial charge in [0.1, 0.15) is 11.6 Å². The molecule has 0 atom stereocenters. The first-order chi connectivity index (χ1) is 13.7. The molecule has 0 saturated heterocycles. The molecule has 0 fully saturated rings. The van der Waals surface area contributed by atoms with Crippen molar-refractivity contribution in [2.45, 2.75) is 11.3 Å². The molecule has 4 aromatic rings. The molecule has 0 bridgehead atoms. The van der Waals surface area contributed by atoms with Crippen LogP contribution in [0.2, 0.25) is 0 Å². The molecule has 1 amide bonds. The quantitative estimate of drug-likeness (QED) is 0.427. The number of para-hydroxylation sites is 3. The van der Waals surface area contributed by atoms with Gasteiger partial charge in [-0.15, -0.1) is 11.8 Å². The van der Waals surface area contributed by atoms with Crippen molar-refractivity contribution in [2.24, 2.45) is 0 Å². The van der Waals surface area contributed by atoms with E-state index in [1.165, 1.54) is 23.9 Å². The number of aromatic amines is 1. The summed E-state index contributed by atoms with van der Waals surface area (Å²) in [6.07, 6.45) is 0.358. The predicted molar refractivity (Wildman–Crippen MR) is 112 cm³/mol. The van der Waals surface area contributed by atoms with Gasteiger partial charge >= 0.3 is 0 Å². The highest BCUT2D eigenvalue weighted by Crippen LogP contribution is 2.28. The SMILES string of the molecule is O=C(CCSc1ccc(F)cc1)Nc1ccccc1-c1nc2ccccc2[nH]1. The predicted octanol–water partition coefficient (Wildman–Crippen LogP) is 5.49.